The highest BCUT2D eigenvalue weighted by Crippen LogP contribution is 2.20. The molecule has 0 fully saturated rings. The van der Waals surface area contributed by atoms with Crippen LogP contribution in [0.25, 0.3) is 0 Å². The van der Waals surface area contributed by atoms with Crippen molar-refractivity contribution in [3.05, 3.63) is 29.6 Å². The average molecular weight is 236 g/mol. The number of hydrogen-bond donors (Lipinski definition) is 0. The Hall–Kier alpha value is -1.17. The van der Waals surface area contributed by atoms with Gasteiger partial charge in [0.15, 0.2) is 0 Å². The molecule has 0 aliphatic heterocycles. The minimum atomic E-state index is -4.54. The fraction of sp³-hybridized carbons (Fsp3) is 0.333. The molecule has 0 saturated heterocycles. The Morgan fingerprint density at radius 1 is 1.40 bits per heavy atom. The zero-order valence-electron chi connectivity index (χ0n) is 8.04. The van der Waals surface area contributed by atoms with E-state index in [1.165, 1.54) is 19.2 Å². The molecule has 0 aliphatic carbocycles. The van der Waals surface area contributed by atoms with Gasteiger partial charge in [0.05, 0.1) is 12.9 Å². The quantitative estimate of drug-likeness (QED) is 0.747. The lowest BCUT2D eigenvalue weighted by Gasteiger charge is -2.06. The molecule has 0 aromatic heterocycles. The van der Waals surface area contributed by atoms with Crippen LogP contribution in [0.5, 0.6) is 5.75 Å². The highest BCUT2D eigenvalue weighted by Gasteiger charge is 2.11. The van der Waals surface area contributed by atoms with Gasteiger partial charge in [0, 0.05) is 0 Å². The van der Waals surface area contributed by atoms with Gasteiger partial charge in [0.25, 0.3) is 0 Å². The predicted molar refractivity (Wildman–Crippen MR) is 51.6 cm³/mol. The molecule has 1 rings (SSSR count). The van der Waals surface area contributed by atoms with E-state index in [2.05, 4.69) is 0 Å². The van der Waals surface area contributed by atoms with Gasteiger partial charge in [-0.25, -0.2) is 4.39 Å². The second kappa shape index (κ2) is 4.57. The summed E-state index contributed by atoms with van der Waals surface area (Å²) in [6.45, 7) is 0. The number of aryl methyl sites for hydroxylation is 1. The Balaban J connectivity index is 2.88. The number of hydrogen-bond acceptors (Lipinski definition) is 3. The normalized spacial score (nSPS) is 11.4. The van der Waals surface area contributed by atoms with Gasteiger partial charge in [0.2, 0.25) is 0 Å². The molecule has 0 atom stereocenters. The van der Waals surface area contributed by atoms with Crippen LogP contribution in [0.3, 0.4) is 0 Å². The first-order valence-corrected chi connectivity index (χ1v) is 5.72. The Kier molecular flexibility index (Phi) is 3.62. The lowest BCUT2D eigenvalue weighted by atomic mass is 10.1. The van der Waals surface area contributed by atoms with Crippen molar-refractivity contribution in [2.75, 3.05) is 12.9 Å². The van der Waals surface area contributed by atoms with Crippen LogP contribution in [-0.4, -0.2) is 21.3 Å². The summed E-state index contributed by atoms with van der Waals surface area (Å²) in [5.41, 5.74) is 0.332. The topological polar surface area (TPSA) is 43.4 Å². The first-order valence-electron chi connectivity index (χ1n) is 4.17. The van der Waals surface area contributed by atoms with Gasteiger partial charge in [-0.3, -0.25) is 0 Å². The van der Waals surface area contributed by atoms with Crippen LogP contribution in [0.2, 0.25) is 0 Å². The van der Waals surface area contributed by atoms with E-state index in [1.54, 1.807) is 0 Å². The van der Waals surface area contributed by atoms with Crippen LogP contribution >= 0.6 is 0 Å². The molecule has 0 unspecified atom stereocenters. The van der Waals surface area contributed by atoms with Gasteiger partial charge in [-0.15, -0.1) is 3.89 Å². The summed E-state index contributed by atoms with van der Waals surface area (Å²) in [6.07, 6.45) is -0.111. The smallest absolute Gasteiger partial charge is 0.302 e. The summed E-state index contributed by atoms with van der Waals surface area (Å²) < 4.78 is 50.5. The molecule has 0 radical (unpaired) electrons. The Labute approximate surface area is 86.9 Å². The summed E-state index contributed by atoms with van der Waals surface area (Å²) in [7, 11) is -3.16. The molecule has 1 aromatic carbocycles. The van der Waals surface area contributed by atoms with Crippen LogP contribution in [0.15, 0.2) is 18.2 Å². The molecule has 0 saturated carbocycles. The van der Waals surface area contributed by atoms with Crippen molar-refractivity contribution >= 4 is 10.2 Å². The van der Waals surface area contributed by atoms with Crippen LogP contribution in [0, 0.1) is 5.82 Å². The molecule has 0 N–H and O–H groups in total. The molecule has 0 spiro atoms. The summed E-state index contributed by atoms with van der Waals surface area (Å²) in [6, 6.07) is 3.69. The van der Waals surface area contributed by atoms with Gasteiger partial charge in [-0.05, 0) is 30.2 Å². The van der Waals surface area contributed by atoms with Crippen molar-refractivity contribution in [1.29, 1.82) is 0 Å². The third-order valence-corrected chi connectivity index (χ3v) is 2.55. The molecule has 1 aromatic rings. The van der Waals surface area contributed by atoms with E-state index in [0.29, 0.717) is 11.3 Å². The first-order chi connectivity index (χ1) is 6.92. The van der Waals surface area contributed by atoms with Crippen molar-refractivity contribution in [3.8, 4) is 5.75 Å². The lowest BCUT2D eigenvalue weighted by molar-refractivity contribution is 0.408. The Morgan fingerprint density at radius 3 is 2.60 bits per heavy atom. The highest BCUT2D eigenvalue weighted by atomic mass is 32.3. The van der Waals surface area contributed by atoms with Crippen LogP contribution in [-0.2, 0) is 16.6 Å². The summed E-state index contributed by atoms with van der Waals surface area (Å²) in [4.78, 5) is 0. The van der Waals surface area contributed by atoms with Crippen LogP contribution in [0.1, 0.15) is 5.56 Å². The zero-order valence-corrected chi connectivity index (χ0v) is 8.85. The van der Waals surface area contributed by atoms with E-state index >= 15 is 0 Å². The monoisotopic (exact) mass is 236 g/mol. The highest BCUT2D eigenvalue weighted by molar-refractivity contribution is 7.86. The minimum absolute atomic E-state index is 0.111. The number of methoxy groups -OCH3 is 1. The van der Waals surface area contributed by atoms with E-state index in [4.69, 9.17) is 4.74 Å². The van der Waals surface area contributed by atoms with Gasteiger partial charge in [-0.1, -0.05) is 0 Å². The molecule has 0 aliphatic rings. The van der Waals surface area contributed by atoms with E-state index in [-0.39, 0.29) is 6.42 Å². The summed E-state index contributed by atoms with van der Waals surface area (Å²) >= 11 is 0. The third-order valence-electron chi connectivity index (χ3n) is 1.86. The maximum absolute atomic E-state index is 12.8. The van der Waals surface area contributed by atoms with Crippen molar-refractivity contribution < 1.29 is 21.4 Å². The van der Waals surface area contributed by atoms with Gasteiger partial charge in [0.1, 0.15) is 11.6 Å². The standard InChI is InChI=1S/C9H10F2O3S/c1-14-9-3-2-8(10)6-7(9)4-5-15(11,12)13/h2-3,6H,4-5H2,1H3. The van der Waals surface area contributed by atoms with Crippen molar-refractivity contribution in [1.82, 2.24) is 0 Å². The molecule has 0 amide bonds. The fourth-order valence-electron chi connectivity index (χ4n) is 1.17. The van der Waals surface area contributed by atoms with E-state index in [1.807, 2.05) is 0 Å². The van der Waals surface area contributed by atoms with E-state index in [9.17, 15) is 16.7 Å². The zero-order chi connectivity index (χ0) is 11.5. The number of benzene rings is 1. The van der Waals surface area contributed by atoms with Crippen LogP contribution in [0.4, 0.5) is 8.28 Å². The molecule has 15 heavy (non-hydrogen) atoms. The van der Waals surface area contributed by atoms with Crippen molar-refractivity contribution in [2.24, 2.45) is 0 Å². The largest absolute Gasteiger partial charge is 0.496 e. The predicted octanol–water partition coefficient (Wildman–Crippen LogP) is 1.68. The molecular formula is C9H10F2O3S. The molecule has 0 heterocycles. The molecular weight excluding hydrogens is 226 g/mol. The van der Waals surface area contributed by atoms with Crippen molar-refractivity contribution in [2.45, 2.75) is 6.42 Å². The second-order valence-electron chi connectivity index (χ2n) is 2.95. The van der Waals surface area contributed by atoms with Crippen LogP contribution < -0.4 is 4.74 Å². The van der Waals surface area contributed by atoms with Gasteiger partial charge < -0.3 is 4.74 Å². The third kappa shape index (κ3) is 3.83. The summed E-state index contributed by atoms with van der Waals surface area (Å²) in [5.74, 6) is -0.839. The average Bonchev–Trinajstić information content (AvgIpc) is 2.14. The second-order valence-corrected chi connectivity index (χ2v) is 4.44. The van der Waals surface area contributed by atoms with Gasteiger partial charge >= 0.3 is 10.2 Å². The number of rotatable bonds is 4. The minimum Gasteiger partial charge on any atom is -0.496 e. The maximum Gasteiger partial charge on any atom is 0.302 e. The first kappa shape index (κ1) is 11.9. The number of halogens is 2. The SMILES string of the molecule is COc1ccc(F)cc1CCS(=O)(=O)F. The molecule has 0 bridgehead atoms. The molecule has 84 valence electrons. The Morgan fingerprint density at radius 2 is 2.07 bits per heavy atom. The molecule has 3 nitrogen and oxygen atoms in total. The van der Waals surface area contributed by atoms with E-state index in [0.717, 1.165) is 6.07 Å². The van der Waals surface area contributed by atoms with Crippen molar-refractivity contribution in [3.63, 3.8) is 0 Å². The summed E-state index contributed by atoms with van der Waals surface area (Å²) in [5, 5.41) is 0. The maximum atomic E-state index is 12.8. The fourth-order valence-corrected chi connectivity index (χ4v) is 1.64. The van der Waals surface area contributed by atoms with Gasteiger partial charge in [-0.2, -0.15) is 8.42 Å². The van der Waals surface area contributed by atoms with E-state index < -0.39 is 21.8 Å². The molecule has 6 heteroatoms. The lowest BCUT2D eigenvalue weighted by Crippen LogP contribution is -2.03. The Bertz CT molecular complexity index is 443. The number of ether oxygens (including phenoxy) is 1.